The summed E-state index contributed by atoms with van der Waals surface area (Å²) in [5.74, 6) is 1.75. The van der Waals surface area contributed by atoms with E-state index in [1.54, 1.807) is 0 Å². The second kappa shape index (κ2) is 13.3. The fourth-order valence-electron chi connectivity index (χ4n) is 7.90. The second-order valence-electron chi connectivity index (χ2n) is 13.9. The molecule has 0 spiro atoms. The zero-order valence-electron chi connectivity index (χ0n) is 30.1. The van der Waals surface area contributed by atoms with Gasteiger partial charge < -0.3 is 4.42 Å². The molecular weight excluding hydrogens is 703 g/mol. The predicted molar refractivity (Wildman–Crippen MR) is 233 cm³/mol. The molecule has 262 valence electrons. The van der Waals surface area contributed by atoms with E-state index >= 15 is 0 Å². The van der Waals surface area contributed by atoms with Crippen molar-refractivity contribution in [2.75, 3.05) is 0 Å². The molecule has 0 N–H and O–H groups in total. The number of para-hydroxylation sites is 1. The number of fused-ring (bicyclic) bond motifs is 6. The molecule has 11 aromatic rings. The summed E-state index contributed by atoms with van der Waals surface area (Å²) in [5, 5.41) is 4.63. The van der Waals surface area contributed by atoms with Crippen LogP contribution in [0.3, 0.4) is 0 Å². The van der Waals surface area contributed by atoms with Crippen LogP contribution in [0.25, 0.3) is 110 Å². The van der Waals surface area contributed by atoms with Gasteiger partial charge in [-0.3, -0.25) is 0 Å². The third-order valence-corrected chi connectivity index (χ3v) is 11.7. The molecule has 0 saturated carbocycles. The van der Waals surface area contributed by atoms with E-state index in [4.69, 9.17) is 19.4 Å². The molecule has 3 aromatic heterocycles. The van der Waals surface area contributed by atoms with Crippen molar-refractivity contribution < 1.29 is 4.42 Å². The Balaban J connectivity index is 1.14. The van der Waals surface area contributed by atoms with E-state index in [-0.39, 0.29) is 0 Å². The summed E-state index contributed by atoms with van der Waals surface area (Å²) in [4.78, 5) is 15.6. The van der Waals surface area contributed by atoms with Crippen molar-refractivity contribution in [3.8, 4) is 67.5 Å². The van der Waals surface area contributed by atoms with Gasteiger partial charge in [-0.2, -0.15) is 0 Å². The molecule has 0 fully saturated rings. The first-order chi connectivity index (χ1) is 27.7. The standard InChI is InChI=1S/C51H31N3OS/c1-3-13-32(14-4-1)33-25-27-35(28-26-33)50-52-49(34-15-5-2-6-16-34)53-51(54-50)47-39(29-30-41-40-19-7-9-22-43(40)55-48(41)47)37-18-11-17-36(31-37)38-21-12-24-45-46(38)42-20-8-10-23-44(42)56-45/h1-31H. The van der Waals surface area contributed by atoms with Gasteiger partial charge in [-0.25, -0.2) is 15.0 Å². The van der Waals surface area contributed by atoms with E-state index < -0.39 is 0 Å². The van der Waals surface area contributed by atoms with E-state index in [1.807, 2.05) is 59.9 Å². The third-order valence-electron chi connectivity index (χ3n) is 10.6. The Morgan fingerprint density at radius 3 is 1.70 bits per heavy atom. The van der Waals surface area contributed by atoms with Crippen molar-refractivity contribution in [1.82, 2.24) is 15.0 Å². The Kier molecular flexibility index (Phi) is 7.64. The normalized spacial score (nSPS) is 11.6. The maximum absolute atomic E-state index is 6.77. The molecule has 8 aromatic carbocycles. The number of hydrogen-bond acceptors (Lipinski definition) is 5. The summed E-state index contributed by atoms with van der Waals surface area (Å²) in [6.45, 7) is 0. The van der Waals surface area contributed by atoms with Crippen molar-refractivity contribution in [1.29, 1.82) is 0 Å². The van der Waals surface area contributed by atoms with Crippen molar-refractivity contribution in [3.05, 3.63) is 188 Å². The largest absolute Gasteiger partial charge is 0.455 e. The topological polar surface area (TPSA) is 51.8 Å². The van der Waals surface area contributed by atoms with Gasteiger partial charge in [0.05, 0.1) is 5.56 Å². The first kappa shape index (κ1) is 32.2. The van der Waals surface area contributed by atoms with Crippen LogP contribution in [0.2, 0.25) is 0 Å². The van der Waals surface area contributed by atoms with Gasteiger partial charge in [0.25, 0.3) is 0 Å². The van der Waals surface area contributed by atoms with Crippen molar-refractivity contribution in [2.45, 2.75) is 0 Å². The minimum absolute atomic E-state index is 0.553. The highest BCUT2D eigenvalue weighted by atomic mass is 32.1. The number of benzene rings is 8. The van der Waals surface area contributed by atoms with Crippen LogP contribution in [-0.2, 0) is 0 Å². The molecule has 3 heterocycles. The first-order valence-corrected chi connectivity index (χ1v) is 19.5. The molecule has 56 heavy (non-hydrogen) atoms. The molecule has 0 aliphatic rings. The molecule has 11 rings (SSSR count). The van der Waals surface area contributed by atoms with Crippen molar-refractivity contribution >= 4 is 53.4 Å². The number of thiophene rings is 1. The highest BCUT2D eigenvalue weighted by Crippen LogP contribution is 2.44. The van der Waals surface area contributed by atoms with Gasteiger partial charge in [-0.1, -0.05) is 158 Å². The average molecular weight is 734 g/mol. The summed E-state index contributed by atoms with van der Waals surface area (Å²) in [7, 11) is 0. The van der Waals surface area contributed by atoms with Crippen LogP contribution >= 0.6 is 11.3 Å². The van der Waals surface area contributed by atoms with Gasteiger partial charge in [0, 0.05) is 42.1 Å². The lowest BCUT2D eigenvalue weighted by Crippen LogP contribution is -2.01. The van der Waals surface area contributed by atoms with E-state index in [9.17, 15) is 0 Å². The molecule has 0 bridgehead atoms. The summed E-state index contributed by atoms with van der Waals surface area (Å²) >= 11 is 1.84. The minimum atomic E-state index is 0.553. The highest BCUT2D eigenvalue weighted by Gasteiger charge is 2.23. The Bertz CT molecular complexity index is 3240. The van der Waals surface area contributed by atoms with Gasteiger partial charge in [-0.05, 0) is 63.7 Å². The van der Waals surface area contributed by atoms with E-state index in [0.29, 0.717) is 17.5 Å². The molecule has 5 heteroatoms. The summed E-state index contributed by atoms with van der Waals surface area (Å²) in [6.07, 6.45) is 0. The van der Waals surface area contributed by atoms with Crippen LogP contribution in [0.5, 0.6) is 0 Å². The molecule has 0 saturated heterocycles. The quantitative estimate of drug-likeness (QED) is 0.171. The molecule has 0 aliphatic heterocycles. The molecule has 0 radical (unpaired) electrons. The van der Waals surface area contributed by atoms with Crippen molar-refractivity contribution in [3.63, 3.8) is 0 Å². The fourth-order valence-corrected chi connectivity index (χ4v) is 9.03. The zero-order valence-corrected chi connectivity index (χ0v) is 30.9. The number of rotatable bonds is 6. The van der Waals surface area contributed by atoms with E-state index in [2.05, 4.69) is 140 Å². The average Bonchev–Trinajstić information content (AvgIpc) is 3.85. The molecule has 0 aliphatic carbocycles. The van der Waals surface area contributed by atoms with Crippen molar-refractivity contribution in [2.24, 2.45) is 0 Å². The molecule has 0 amide bonds. The maximum Gasteiger partial charge on any atom is 0.168 e. The Labute approximate surface area is 327 Å². The van der Waals surface area contributed by atoms with Gasteiger partial charge in [0.15, 0.2) is 17.5 Å². The SMILES string of the molecule is c1ccc(-c2ccc(-c3nc(-c4ccccc4)nc(-c4c(-c5cccc(-c6cccc7sc8ccccc8c67)c5)ccc5c4oc4ccccc45)n3)cc2)cc1. The van der Waals surface area contributed by atoms with E-state index in [1.165, 1.54) is 25.7 Å². The number of hydrogen-bond donors (Lipinski definition) is 0. The summed E-state index contributed by atoms with van der Waals surface area (Å²) in [6, 6.07) is 65.6. The fraction of sp³-hybridized carbons (Fsp3) is 0. The van der Waals surface area contributed by atoms with Gasteiger partial charge in [-0.15, -0.1) is 11.3 Å². The molecule has 4 nitrogen and oxygen atoms in total. The Morgan fingerprint density at radius 1 is 0.357 bits per heavy atom. The zero-order chi connectivity index (χ0) is 37.0. The van der Waals surface area contributed by atoms with Crippen LogP contribution in [0.15, 0.2) is 192 Å². The predicted octanol–water partition coefficient (Wildman–Crippen LogP) is 14.1. The monoisotopic (exact) mass is 733 g/mol. The van der Waals surface area contributed by atoms with Crippen LogP contribution in [0, 0.1) is 0 Å². The van der Waals surface area contributed by atoms with E-state index in [0.717, 1.165) is 66.4 Å². The number of furan rings is 1. The van der Waals surface area contributed by atoms with Gasteiger partial charge in [0.1, 0.15) is 11.2 Å². The highest BCUT2D eigenvalue weighted by molar-refractivity contribution is 7.25. The maximum atomic E-state index is 6.77. The minimum Gasteiger partial charge on any atom is -0.455 e. The lowest BCUT2D eigenvalue weighted by Gasteiger charge is -2.14. The summed E-state index contributed by atoms with van der Waals surface area (Å²) < 4.78 is 9.34. The van der Waals surface area contributed by atoms with Crippen LogP contribution in [-0.4, -0.2) is 15.0 Å². The van der Waals surface area contributed by atoms with Gasteiger partial charge >= 0.3 is 0 Å². The van der Waals surface area contributed by atoms with Crippen LogP contribution < -0.4 is 0 Å². The first-order valence-electron chi connectivity index (χ1n) is 18.7. The smallest absolute Gasteiger partial charge is 0.168 e. The van der Waals surface area contributed by atoms with Crippen LogP contribution in [0.1, 0.15) is 0 Å². The number of nitrogens with zero attached hydrogens (tertiary/aromatic N) is 3. The Morgan fingerprint density at radius 2 is 0.911 bits per heavy atom. The lowest BCUT2D eigenvalue weighted by atomic mass is 9.92. The third kappa shape index (κ3) is 5.48. The second-order valence-corrected chi connectivity index (χ2v) is 15.0. The van der Waals surface area contributed by atoms with Gasteiger partial charge in [0.2, 0.25) is 0 Å². The number of aromatic nitrogens is 3. The summed E-state index contributed by atoms with van der Waals surface area (Å²) in [5.41, 5.74) is 10.9. The Hall–Kier alpha value is -7.21. The molecule has 0 atom stereocenters. The van der Waals surface area contributed by atoms with Crippen LogP contribution in [0.4, 0.5) is 0 Å². The molecule has 0 unspecified atom stereocenters. The lowest BCUT2D eigenvalue weighted by molar-refractivity contribution is 0.669. The molecular formula is C51H31N3OS.